The summed E-state index contributed by atoms with van der Waals surface area (Å²) < 4.78 is 0. The van der Waals surface area contributed by atoms with Gasteiger partial charge in [-0.3, -0.25) is 4.79 Å². The van der Waals surface area contributed by atoms with Crippen molar-refractivity contribution in [3.63, 3.8) is 0 Å². The van der Waals surface area contributed by atoms with Crippen LogP contribution in [-0.4, -0.2) is 48.2 Å². The molecular weight excluding hydrogens is 192 g/mol. The van der Waals surface area contributed by atoms with Gasteiger partial charge in [-0.15, -0.1) is 0 Å². The highest BCUT2D eigenvalue weighted by Crippen LogP contribution is 2.17. The van der Waals surface area contributed by atoms with Crippen LogP contribution in [0.1, 0.15) is 25.7 Å². The van der Waals surface area contributed by atoms with Crippen molar-refractivity contribution in [3.8, 4) is 0 Å². The van der Waals surface area contributed by atoms with Crippen LogP contribution in [0.25, 0.3) is 0 Å². The number of likely N-dealkylation sites (tertiary alicyclic amines) is 1. The van der Waals surface area contributed by atoms with E-state index in [2.05, 4.69) is 5.32 Å². The second kappa shape index (κ2) is 4.94. The first kappa shape index (κ1) is 10.9. The molecule has 0 spiro atoms. The number of nitrogens with zero attached hydrogens (tertiary/aromatic N) is 1. The van der Waals surface area contributed by atoms with Crippen molar-refractivity contribution in [1.29, 1.82) is 0 Å². The highest BCUT2D eigenvalue weighted by atomic mass is 16.3. The van der Waals surface area contributed by atoms with Crippen molar-refractivity contribution in [3.05, 3.63) is 0 Å². The summed E-state index contributed by atoms with van der Waals surface area (Å²) in [4.78, 5) is 13.7. The molecule has 0 bridgehead atoms. The Kier molecular flexibility index (Phi) is 3.59. The molecule has 4 nitrogen and oxygen atoms in total. The molecule has 2 saturated heterocycles. The minimum Gasteiger partial charge on any atom is -0.391 e. The molecule has 86 valence electrons. The number of amides is 1. The maximum atomic E-state index is 11.8. The van der Waals surface area contributed by atoms with Crippen molar-refractivity contribution < 1.29 is 9.90 Å². The van der Waals surface area contributed by atoms with E-state index < -0.39 is 0 Å². The summed E-state index contributed by atoms with van der Waals surface area (Å²) in [7, 11) is 0. The Bertz CT molecular complexity index is 227. The Labute approximate surface area is 90.6 Å². The van der Waals surface area contributed by atoms with Gasteiger partial charge in [-0.1, -0.05) is 0 Å². The first-order valence-electron chi connectivity index (χ1n) is 5.92. The largest absolute Gasteiger partial charge is 0.391 e. The molecule has 2 aliphatic heterocycles. The Hall–Kier alpha value is -0.610. The number of carbonyl (C=O) groups is 1. The normalized spacial score (nSPS) is 31.9. The average Bonchev–Trinajstić information content (AvgIpc) is 2.66. The topological polar surface area (TPSA) is 52.6 Å². The Morgan fingerprint density at radius 2 is 2.33 bits per heavy atom. The van der Waals surface area contributed by atoms with Crippen LogP contribution in [0.2, 0.25) is 0 Å². The predicted molar refractivity (Wildman–Crippen MR) is 57.4 cm³/mol. The molecule has 2 atom stereocenters. The van der Waals surface area contributed by atoms with E-state index in [9.17, 15) is 9.90 Å². The second-order valence-electron chi connectivity index (χ2n) is 4.70. The number of hydrogen-bond acceptors (Lipinski definition) is 3. The monoisotopic (exact) mass is 212 g/mol. The van der Waals surface area contributed by atoms with E-state index in [1.54, 1.807) is 4.90 Å². The van der Waals surface area contributed by atoms with Gasteiger partial charge >= 0.3 is 0 Å². The highest BCUT2D eigenvalue weighted by molar-refractivity contribution is 5.76. The van der Waals surface area contributed by atoms with E-state index in [0.29, 0.717) is 18.9 Å². The number of rotatable bonds is 2. The van der Waals surface area contributed by atoms with Gasteiger partial charge in [0, 0.05) is 19.5 Å². The molecule has 2 N–H and O–H groups in total. The van der Waals surface area contributed by atoms with Crippen LogP contribution in [0.5, 0.6) is 0 Å². The van der Waals surface area contributed by atoms with Crippen LogP contribution in [0.4, 0.5) is 0 Å². The predicted octanol–water partition coefficient (Wildman–Crippen LogP) is -0.0307. The van der Waals surface area contributed by atoms with Gasteiger partial charge in [0.1, 0.15) is 0 Å². The third kappa shape index (κ3) is 2.92. The maximum absolute atomic E-state index is 11.8. The summed E-state index contributed by atoms with van der Waals surface area (Å²) in [6, 6.07) is 0. The van der Waals surface area contributed by atoms with Crippen molar-refractivity contribution in [2.24, 2.45) is 5.92 Å². The van der Waals surface area contributed by atoms with Crippen LogP contribution >= 0.6 is 0 Å². The smallest absolute Gasteiger partial charge is 0.222 e. The van der Waals surface area contributed by atoms with Crippen LogP contribution < -0.4 is 5.32 Å². The van der Waals surface area contributed by atoms with Gasteiger partial charge in [0.05, 0.1) is 6.10 Å². The molecule has 0 aliphatic carbocycles. The van der Waals surface area contributed by atoms with E-state index in [0.717, 1.165) is 32.5 Å². The Balaban J connectivity index is 1.76. The van der Waals surface area contributed by atoms with Gasteiger partial charge in [-0.2, -0.15) is 0 Å². The first-order chi connectivity index (χ1) is 7.25. The molecule has 0 aromatic heterocycles. The summed E-state index contributed by atoms with van der Waals surface area (Å²) in [5, 5.41) is 12.7. The van der Waals surface area contributed by atoms with E-state index >= 15 is 0 Å². The Morgan fingerprint density at radius 1 is 1.47 bits per heavy atom. The lowest BCUT2D eigenvalue weighted by Crippen LogP contribution is -2.36. The number of aliphatic hydroxyl groups is 1. The fourth-order valence-electron chi connectivity index (χ4n) is 2.44. The zero-order chi connectivity index (χ0) is 10.7. The zero-order valence-corrected chi connectivity index (χ0v) is 9.11. The van der Waals surface area contributed by atoms with Crippen LogP contribution in [0.3, 0.4) is 0 Å². The molecule has 1 unspecified atom stereocenters. The fourth-order valence-corrected chi connectivity index (χ4v) is 2.44. The fraction of sp³-hybridized carbons (Fsp3) is 0.909. The third-order valence-corrected chi connectivity index (χ3v) is 3.38. The molecule has 0 aromatic carbocycles. The number of aliphatic hydroxyl groups excluding tert-OH is 1. The van der Waals surface area contributed by atoms with Crippen LogP contribution in [0, 0.1) is 5.92 Å². The SMILES string of the molecule is O=C(CC1CCCNC1)N1CC[C@H](O)C1. The lowest BCUT2D eigenvalue weighted by atomic mass is 9.96. The van der Waals surface area contributed by atoms with E-state index in [1.165, 1.54) is 6.42 Å². The number of nitrogens with one attached hydrogen (secondary N) is 1. The van der Waals surface area contributed by atoms with E-state index in [1.807, 2.05) is 0 Å². The van der Waals surface area contributed by atoms with Gasteiger partial charge in [-0.05, 0) is 38.3 Å². The molecule has 15 heavy (non-hydrogen) atoms. The lowest BCUT2D eigenvalue weighted by molar-refractivity contribution is -0.131. The number of β-amino-alcohol motifs (C(OH)–C–C–N with tert-alkyl or cyclic N) is 1. The quantitative estimate of drug-likeness (QED) is 0.676. The number of piperidine rings is 1. The molecule has 0 saturated carbocycles. The summed E-state index contributed by atoms with van der Waals surface area (Å²) in [5.41, 5.74) is 0. The maximum Gasteiger partial charge on any atom is 0.222 e. The number of hydrogen-bond donors (Lipinski definition) is 2. The Morgan fingerprint density at radius 3 is 2.93 bits per heavy atom. The molecule has 2 aliphatic rings. The standard InChI is InChI=1S/C11H20N2O2/c14-10-3-5-13(8-10)11(15)6-9-2-1-4-12-7-9/h9-10,12,14H,1-8H2/t9?,10-/m0/s1. The third-order valence-electron chi connectivity index (χ3n) is 3.38. The van der Waals surface area contributed by atoms with Gasteiger partial charge in [0.25, 0.3) is 0 Å². The molecule has 0 radical (unpaired) electrons. The minimum atomic E-state index is -0.293. The van der Waals surface area contributed by atoms with Crippen molar-refractivity contribution in [2.45, 2.75) is 31.8 Å². The highest BCUT2D eigenvalue weighted by Gasteiger charge is 2.26. The number of carbonyl (C=O) groups excluding carboxylic acids is 1. The van der Waals surface area contributed by atoms with Crippen molar-refractivity contribution in [1.82, 2.24) is 10.2 Å². The van der Waals surface area contributed by atoms with E-state index in [4.69, 9.17) is 0 Å². The average molecular weight is 212 g/mol. The van der Waals surface area contributed by atoms with Crippen LogP contribution in [-0.2, 0) is 4.79 Å². The van der Waals surface area contributed by atoms with E-state index in [-0.39, 0.29) is 12.0 Å². The summed E-state index contributed by atoms with van der Waals surface area (Å²) in [6.07, 6.45) is 3.45. The summed E-state index contributed by atoms with van der Waals surface area (Å²) in [5.74, 6) is 0.726. The molecule has 2 rings (SSSR count). The minimum absolute atomic E-state index is 0.222. The summed E-state index contributed by atoms with van der Waals surface area (Å²) >= 11 is 0. The van der Waals surface area contributed by atoms with Crippen LogP contribution in [0.15, 0.2) is 0 Å². The summed E-state index contributed by atoms with van der Waals surface area (Å²) in [6.45, 7) is 3.34. The van der Waals surface area contributed by atoms with Gasteiger partial charge in [-0.25, -0.2) is 0 Å². The van der Waals surface area contributed by atoms with Gasteiger partial charge in [0.2, 0.25) is 5.91 Å². The molecule has 2 fully saturated rings. The van der Waals surface area contributed by atoms with Crippen molar-refractivity contribution >= 4 is 5.91 Å². The molecule has 4 heteroatoms. The lowest BCUT2D eigenvalue weighted by Gasteiger charge is -2.24. The molecule has 2 heterocycles. The zero-order valence-electron chi connectivity index (χ0n) is 9.11. The molecule has 1 amide bonds. The first-order valence-corrected chi connectivity index (χ1v) is 5.92. The van der Waals surface area contributed by atoms with Crippen molar-refractivity contribution in [2.75, 3.05) is 26.2 Å². The molecular formula is C11H20N2O2. The second-order valence-corrected chi connectivity index (χ2v) is 4.70. The molecule has 0 aromatic rings. The van der Waals surface area contributed by atoms with Gasteiger partial charge < -0.3 is 15.3 Å². The van der Waals surface area contributed by atoms with Gasteiger partial charge in [0.15, 0.2) is 0 Å².